The van der Waals surface area contributed by atoms with E-state index < -0.39 is 109 Å². The molecule has 2 aliphatic rings. The van der Waals surface area contributed by atoms with E-state index in [9.17, 15) is 28.8 Å². The van der Waals surface area contributed by atoms with Crippen molar-refractivity contribution in [3.63, 3.8) is 0 Å². The van der Waals surface area contributed by atoms with E-state index in [1.165, 1.54) is 20.8 Å². The fraction of sp³-hybridized carbons (Fsp3) is 0.571. The Labute approximate surface area is 338 Å². The van der Waals surface area contributed by atoms with Gasteiger partial charge in [-0.3, -0.25) is 19.2 Å². The first kappa shape index (κ1) is 45.8. The number of hydrogen-bond acceptors (Lipinski definition) is 15. The van der Waals surface area contributed by atoms with Gasteiger partial charge in [0, 0.05) is 33.6 Å². The highest BCUT2D eigenvalue weighted by molar-refractivity contribution is 5.89. The summed E-state index contributed by atoms with van der Waals surface area (Å²) in [6.07, 6.45) is -8.85. The average molecular weight is 814 g/mol. The van der Waals surface area contributed by atoms with Crippen molar-refractivity contribution in [1.29, 1.82) is 0 Å². The summed E-state index contributed by atoms with van der Waals surface area (Å²) < 4.78 is 54.6. The molecular formula is C42H55NO15. The fourth-order valence-corrected chi connectivity index (χ4v) is 7.38. The van der Waals surface area contributed by atoms with Crippen LogP contribution in [0.1, 0.15) is 77.7 Å². The summed E-state index contributed by atoms with van der Waals surface area (Å²) in [5.41, 5.74) is 1.15. The second kappa shape index (κ2) is 20.7. The predicted octanol–water partition coefficient (Wildman–Crippen LogP) is 3.85. The van der Waals surface area contributed by atoms with E-state index in [2.05, 4.69) is 5.32 Å². The van der Waals surface area contributed by atoms with Crippen LogP contribution in [-0.2, 0) is 73.2 Å². The summed E-state index contributed by atoms with van der Waals surface area (Å²) >= 11 is 0. The molecule has 4 unspecified atom stereocenters. The number of hydrogen-bond donors (Lipinski definition) is 1. The normalized spacial score (nSPS) is 29.2. The van der Waals surface area contributed by atoms with Crippen molar-refractivity contribution in [3.8, 4) is 0 Å². The predicted molar refractivity (Wildman–Crippen MR) is 203 cm³/mol. The van der Waals surface area contributed by atoms with Gasteiger partial charge in [-0.25, -0.2) is 9.59 Å². The summed E-state index contributed by atoms with van der Waals surface area (Å²) in [5, 5.41) is 2.72. The molecule has 1 amide bonds. The zero-order valence-corrected chi connectivity index (χ0v) is 34.4. The van der Waals surface area contributed by atoms with Crippen LogP contribution in [-0.4, -0.2) is 110 Å². The van der Waals surface area contributed by atoms with Crippen LogP contribution in [0.25, 0.3) is 0 Å². The molecule has 1 N–H and O–H groups in total. The number of amides is 1. The molecule has 12 atom stereocenters. The van der Waals surface area contributed by atoms with Gasteiger partial charge in [0.25, 0.3) is 5.79 Å². The van der Waals surface area contributed by atoms with E-state index in [0.717, 1.165) is 26.5 Å². The van der Waals surface area contributed by atoms with Gasteiger partial charge in [0.2, 0.25) is 5.91 Å². The van der Waals surface area contributed by atoms with Gasteiger partial charge in [-0.15, -0.1) is 0 Å². The van der Waals surface area contributed by atoms with Gasteiger partial charge in [0.05, 0.1) is 44.0 Å². The number of nitrogens with one attached hydrogen (secondary N) is 1. The van der Waals surface area contributed by atoms with E-state index in [0.29, 0.717) is 5.56 Å². The zero-order chi connectivity index (χ0) is 42.7. The van der Waals surface area contributed by atoms with Crippen LogP contribution in [0.15, 0.2) is 60.7 Å². The van der Waals surface area contributed by atoms with Gasteiger partial charge in [-0.05, 0) is 31.0 Å². The van der Waals surface area contributed by atoms with Crippen LogP contribution in [0.4, 0.5) is 0 Å². The third-order valence-corrected chi connectivity index (χ3v) is 10.3. The molecule has 0 aromatic heterocycles. The van der Waals surface area contributed by atoms with E-state index in [-0.39, 0.29) is 18.9 Å². The van der Waals surface area contributed by atoms with Gasteiger partial charge < -0.3 is 47.9 Å². The van der Waals surface area contributed by atoms with Crippen LogP contribution in [0.3, 0.4) is 0 Å². The molecular weight excluding hydrogens is 758 g/mol. The zero-order valence-electron chi connectivity index (χ0n) is 34.4. The van der Waals surface area contributed by atoms with Crippen molar-refractivity contribution >= 4 is 35.8 Å². The Balaban J connectivity index is 1.82. The molecule has 16 heteroatoms. The van der Waals surface area contributed by atoms with E-state index in [1.54, 1.807) is 44.2 Å². The van der Waals surface area contributed by atoms with Crippen LogP contribution in [0.5, 0.6) is 0 Å². The number of carbonyl (C=O) groups excluding carboxylic acids is 6. The van der Waals surface area contributed by atoms with Crippen molar-refractivity contribution in [3.05, 3.63) is 71.8 Å². The highest BCUT2D eigenvalue weighted by Gasteiger charge is 2.64. The lowest BCUT2D eigenvalue weighted by Crippen LogP contribution is -2.72. The fourth-order valence-electron chi connectivity index (χ4n) is 7.38. The molecule has 2 fully saturated rings. The molecule has 0 saturated carbocycles. The van der Waals surface area contributed by atoms with Gasteiger partial charge in [0.1, 0.15) is 36.6 Å². The lowest BCUT2D eigenvalue weighted by Gasteiger charge is -2.52. The summed E-state index contributed by atoms with van der Waals surface area (Å²) in [6.45, 7) is 11.1. The Kier molecular flexibility index (Phi) is 16.3. The summed E-state index contributed by atoms with van der Waals surface area (Å²) in [5.74, 6) is -8.58. The van der Waals surface area contributed by atoms with Crippen LogP contribution in [0, 0.1) is 11.8 Å². The van der Waals surface area contributed by atoms with Crippen molar-refractivity contribution in [2.45, 2.75) is 129 Å². The molecule has 4 rings (SSSR count). The Hall–Kier alpha value is -4.90. The van der Waals surface area contributed by atoms with Gasteiger partial charge in [-0.2, -0.15) is 0 Å². The molecule has 0 aliphatic carbocycles. The molecule has 0 bridgehead atoms. The molecule has 0 radical (unpaired) electrons. The lowest BCUT2D eigenvalue weighted by molar-refractivity contribution is -0.344. The van der Waals surface area contributed by atoms with Gasteiger partial charge in [0.15, 0.2) is 6.10 Å². The second-order valence-electron chi connectivity index (χ2n) is 14.5. The first-order valence-electron chi connectivity index (χ1n) is 19.3. The molecule has 58 heavy (non-hydrogen) atoms. The van der Waals surface area contributed by atoms with Crippen LogP contribution < -0.4 is 5.32 Å². The SMILES string of the molecule is CC[C@@H](OC(C)=O)[C@@H](OC(C)=O)C1O[C@@](OCC2O[C@@H](C)C(C)[C@@H](OC(=O)c3ccccc3)[C@H]2OCc2ccccc2)(C(=O)OC)C(C)[C@@H](OC(C)=O)[C@H]1NC(C)=O. The smallest absolute Gasteiger partial charge is 0.367 e. The number of rotatable bonds is 16. The molecule has 0 spiro atoms. The van der Waals surface area contributed by atoms with Gasteiger partial charge >= 0.3 is 29.8 Å². The maximum atomic E-state index is 14.2. The number of carbonyl (C=O) groups is 6. The molecule has 2 heterocycles. The largest absolute Gasteiger partial charge is 0.465 e. The molecule has 318 valence electrons. The first-order valence-corrected chi connectivity index (χ1v) is 19.3. The minimum absolute atomic E-state index is 0.0918. The molecule has 16 nitrogen and oxygen atoms in total. The first-order chi connectivity index (χ1) is 27.5. The monoisotopic (exact) mass is 813 g/mol. The van der Waals surface area contributed by atoms with Crippen LogP contribution >= 0.6 is 0 Å². The summed E-state index contributed by atoms with van der Waals surface area (Å²) in [7, 11) is 1.10. The van der Waals surface area contributed by atoms with Crippen molar-refractivity contribution < 1.29 is 71.4 Å². The van der Waals surface area contributed by atoms with E-state index >= 15 is 0 Å². The lowest BCUT2D eigenvalue weighted by atomic mass is 9.80. The van der Waals surface area contributed by atoms with Crippen LogP contribution in [0.2, 0.25) is 0 Å². The third-order valence-electron chi connectivity index (χ3n) is 10.3. The standard InChI is InChI=1S/C42H55NO15/c1-10-32(54-27(6)45)38(56-29(8)47)39-34(43-26(5)44)36(55-28(7)46)24(3)42(58-39,41(49)50-9)52-22-33-37(51-21-30-17-13-11-14-18-30)35(23(2)25(4)53-33)57-40(48)31-19-15-12-16-20-31/h11-20,23-25,32-39H,10,21-22H2,1-9H3,(H,43,44)/t23?,24?,25-,32+,33?,34+,35+,36+,37-,38+,39?,42+/m0/s1. The average Bonchev–Trinajstić information content (AvgIpc) is 3.18. The topological polar surface area (TPSA) is 198 Å². The molecule has 2 aromatic rings. The molecule has 2 aromatic carbocycles. The summed E-state index contributed by atoms with van der Waals surface area (Å²) in [6, 6.07) is 16.5. The Morgan fingerprint density at radius 2 is 1.41 bits per heavy atom. The quantitative estimate of drug-likeness (QED) is 0.189. The Morgan fingerprint density at radius 1 is 0.793 bits per heavy atom. The minimum atomic E-state index is -2.45. The molecule has 2 aliphatic heterocycles. The number of ether oxygens (including phenoxy) is 9. The Bertz CT molecular complexity index is 1710. The maximum absolute atomic E-state index is 14.2. The highest BCUT2D eigenvalue weighted by atomic mass is 16.8. The van der Waals surface area contributed by atoms with Crippen molar-refractivity contribution in [2.24, 2.45) is 11.8 Å². The summed E-state index contributed by atoms with van der Waals surface area (Å²) in [4.78, 5) is 78.0. The molecule has 2 saturated heterocycles. The number of benzene rings is 2. The number of methoxy groups -OCH3 is 1. The Morgan fingerprint density at radius 3 is 1.97 bits per heavy atom. The highest BCUT2D eigenvalue weighted by Crippen LogP contribution is 2.42. The second-order valence-corrected chi connectivity index (χ2v) is 14.5. The third kappa shape index (κ3) is 11.2. The maximum Gasteiger partial charge on any atom is 0.367 e. The minimum Gasteiger partial charge on any atom is -0.465 e. The van der Waals surface area contributed by atoms with Crippen molar-refractivity contribution in [1.82, 2.24) is 5.32 Å². The van der Waals surface area contributed by atoms with Gasteiger partial charge in [-0.1, -0.05) is 69.3 Å². The van der Waals surface area contributed by atoms with E-state index in [4.69, 9.17) is 42.6 Å². The van der Waals surface area contributed by atoms with Crippen molar-refractivity contribution in [2.75, 3.05) is 13.7 Å². The van der Waals surface area contributed by atoms with E-state index in [1.807, 2.05) is 37.3 Å². The number of esters is 5.